The van der Waals surface area contributed by atoms with Gasteiger partial charge in [-0.05, 0) is 0 Å². The van der Waals surface area contributed by atoms with Crippen LogP contribution in [0.2, 0.25) is 0 Å². The fourth-order valence-electron chi connectivity index (χ4n) is 0.688. The van der Waals surface area contributed by atoms with E-state index in [9.17, 15) is 0 Å². The Balaban J connectivity index is 3.00. The summed E-state index contributed by atoms with van der Waals surface area (Å²) >= 11 is 0. The van der Waals surface area contributed by atoms with Crippen molar-refractivity contribution in [1.82, 2.24) is 0 Å². The summed E-state index contributed by atoms with van der Waals surface area (Å²) in [4.78, 5) is 0. The fourth-order valence-corrected chi connectivity index (χ4v) is 0.688. The highest BCUT2D eigenvalue weighted by Gasteiger charge is 1.41. The molecule has 0 aliphatic heterocycles. The van der Waals surface area contributed by atoms with Crippen LogP contribution in [0.4, 0.5) is 0 Å². The second-order valence-corrected chi connectivity index (χ2v) is 2.75. The van der Waals surface area contributed by atoms with Gasteiger partial charge in [0.25, 0.3) is 0 Å². The van der Waals surface area contributed by atoms with Crippen LogP contribution in [-0.4, -0.2) is 0 Å². The van der Waals surface area contributed by atoms with Crippen LogP contribution in [0.15, 0.2) is 0 Å². The third-order valence-corrected chi connectivity index (χ3v) is 1.38. The quantitative estimate of drug-likeness (QED) is 0.670. The zero-order valence-electron chi connectivity index (χ0n) is 11.0. The van der Waals surface area contributed by atoms with Gasteiger partial charge in [-0.15, -0.1) is 0 Å². The van der Waals surface area contributed by atoms with E-state index in [-0.39, 0.29) is 0 Å². The lowest BCUT2D eigenvalue weighted by atomic mass is 10.6. The molecule has 0 fully saturated rings. The Morgan fingerprint density at radius 2 is 0.136 bits per heavy atom. The number of hydrogen-bond acceptors (Lipinski definition) is 0. The molecular weight excluding hydrogens is 264 g/mol. The lowest BCUT2D eigenvalue weighted by Crippen LogP contribution is -1.31. The molecule has 0 aliphatic carbocycles. The molecule has 0 unspecified atom stereocenters. The van der Waals surface area contributed by atoms with Gasteiger partial charge in [0, 0.05) is 133 Å². The van der Waals surface area contributed by atoms with Crippen LogP contribution in [0.1, 0.15) is 0 Å². The third kappa shape index (κ3) is 10.3. The first-order valence-electron chi connectivity index (χ1n) is 5.50. The molecule has 1 aromatic carbocycles. The zero-order valence-corrected chi connectivity index (χ0v) is 11.0. The second kappa shape index (κ2) is 12.6. The molecule has 0 amide bonds. The van der Waals surface area contributed by atoms with Gasteiger partial charge in [0.1, 0.15) is 0 Å². The minimum atomic E-state index is 2.50. The summed E-state index contributed by atoms with van der Waals surface area (Å²) < 4.78 is 0. The Kier molecular flexibility index (Phi) is 8.72. The van der Waals surface area contributed by atoms with Gasteiger partial charge in [0.2, 0.25) is 0 Å². The van der Waals surface area contributed by atoms with E-state index in [0.29, 0.717) is 0 Å². The van der Waals surface area contributed by atoms with Crippen LogP contribution < -0.4 is 0 Å². The average Bonchev–Trinajstić information content (AvgIpc) is 2.53. The number of hydrogen-bond donors (Lipinski definition) is 0. The molecule has 0 aliphatic rings. The Hall–Kier alpha value is -4.84. The largest absolute Gasteiger partial charge is 0 e. The highest BCUT2D eigenvalue weighted by atomic mass is 13.4. The summed E-state index contributed by atoms with van der Waals surface area (Å²) in [7, 11) is 0. The summed E-state index contributed by atoms with van der Waals surface area (Å²) in [6, 6.07) is 55.0. The summed E-state index contributed by atoms with van der Waals surface area (Å²) in [5, 5.41) is 0. The van der Waals surface area contributed by atoms with E-state index in [2.05, 4.69) is 133 Å². The predicted octanol–water partition coefficient (Wildman–Crippen LogP) is 1.79. The molecule has 0 heteroatoms. The molecule has 0 bridgehead atoms. The number of rotatable bonds is 0. The van der Waals surface area contributed by atoms with E-state index in [0.717, 1.165) is 0 Å². The molecule has 0 saturated heterocycles. The summed E-state index contributed by atoms with van der Waals surface area (Å²) in [5.41, 5.74) is 0. The minimum Gasteiger partial charge on any atom is 0 e. The molecule has 1 aromatic rings. The highest BCUT2D eigenvalue weighted by Crippen LogP contribution is 1.49. The van der Waals surface area contributed by atoms with Gasteiger partial charge in [-0.2, -0.15) is 0 Å². The Bertz CT molecular complexity index is 372. The van der Waals surface area contributed by atoms with Crippen molar-refractivity contribution in [3.05, 3.63) is 133 Å². The lowest BCUT2D eigenvalue weighted by molar-refractivity contribution is 1.85. The first-order chi connectivity index (χ1) is 11.0. The smallest absolute Gasteiger partial charge is 0 e. The van der Waals surface area contributed by atoms with E-state index in [4.69, 9.17) is 0 Å². The van der Waals surface area contributed by atoms with Crippen molar-refractivity contribution in [2.75, 3.05) is 0 Å². The first-order valence-corrected chi connectivity index (χ1v) is 5.50. The Morgan fingerprint density at radius 1 is 0.0909 bits per heavy atom. The van der Waals surface area contributed by atoms with Gasteiger partial charge in [-0.1, -0.05) is 0 Å². The van der Waals surface area contributed by atoms with Crippen molar-refractivity contribution >= 4 is 0 Å². The maximum atomic E-state index is 2.50. The molecule has 0 heterocycles. The average molecular weight is 264 g/mol. The third-order valence-electron chi connectivity index (χ3n) is 1.38. The molecule has 0 spiro atoms. The van der Waals surface area contributed by atoms with Gasteiger partial charge >= 0.3 is 0 Å². The molecule has 0 aromatic heterocycles. The molecule has 0 N–H and O–H groups in total. The van der Waals surface area contributed by atoms with Crippen LogP contribution in [-0.2, 0) is 0 Å². The van der Waals surface area contributed by atoms with Crippen molar-refractivity contribution in [2.24, 2.45) is 0 Å². The van der Waals surface area contributed by atoms with Gasteiger partial charge in [0.05, 0.1) is 0 Å². The summed E-state index contributed by atoms with van der Waals surface area (Å²) in [6.45, 7) is 0. The van der Waals surface area contributed by atoms with Gasteiger partial charge < -0.3 is 0 Å². The maximum absolute atomic E-state index is 2.50. The predicted molar refractivity (Wildman–Crippen MR) is 71.3 cm³/mol. The Labute approximate surface area is 134 Å². The molecule has 0 saturated carbocycles. The molecule has 0 atom stereocenters. The van der Waals surface area contributed by atoms with Crippen molar-refractivity contribution in [3.8, 4) is 0 Å². The van der Waals surface area contributed by atoms with Crippen molar-refractivity contribution in [1.29, 1.82) is 0 Å². The van der Waals surface area contributed by atoms with Crippen LogP contribution in [0.25, 0.3) is 0 Å². The van der Waals surface area contributed by atoms with Crippen LogP contribution in [0, 0.1) is 133 Å². The van der Waals surface area contributed by atoms with Crippen molar-refractivity contribution in [3.63, 3.8) is 0 Å². The molecule has 88 valence electrons. The summed E-state index contributed by atoms with van der Waals surface area (Å²) in [6.07, 6.45) is 0. The zero-order chi connectivity index (χ0) is 15.6. The van der Waals surface area contributed by atoms with E-state index >= 15 is 0 Å². The van der Waals surface area contributed by atoms with Gasteiger partial charge in [-0.3, -0.25) is 0 Å². The summed E-state index contributed by atoms with van der Waals surface area (Å²) in [5.74, 6) is 0. The molecular formula is C22. The monoisotopic (exact) mass is 264 g/mol. The fraction of sp³-hybridized carbons (Fsp3) is 0. The highest BCUT2D eigenvalue weighted by molar-refractivity contribution is 4.66. The lowest BCUT2D eigenvalue weighted by Gasteiger charge is -1.39. The van der Waals surface area contributed by atoms with Crippen LogP contribution in [0.3, 0.4) is 0 Å². The van der Waals surface area contributed by atoms with E-state index in [1.54, 1.807) is 0 Å². The first kappa shape index (κ1) is 15.2. The second-order valence-electron chi connectivity index (χ2n) is 2.75. The standard InChI is InChI=1S/C22/c1-2-4-6-8-10-12-14-16-18-20-22-21-19-17-15-13-11-9-7-5-3-1. The van der Waals surface area contributed by atoms with Gasteiger partial charge in [0.15, 0.2) is 0 Å². The van der Waals surface area contributed by atoms with Crippen molar-refractivity contribution in [2.45, 2.75) is 0 Å². The van der Waals surface area contributed by atoms with E-state index < -0.39 is 0 Å². The SMILES string of the molecule is c1c#cc#cc#cc#cc#cc#cc#cc#cc#cc#cc#1. The normalized spacial score (nSPS) is 4.00. The maximum Gasteiger partial charge on any atom is 0 e. The topological polar surface area (TPSA) is 0 Å². The minimum absolute atomic E-state index is 2.50. The molecule has 0 nitrogen and oxygen atoms in total. The van der Waals surface area contributed by atoms with Crippen LogP contribution in [0.5, 0.6) is 0 Å². The van der Waals surface area contributed by atoms with Gasteiger partial charge in [-0.25, -0.2) is 0 Å². The van der Waals surface area contributed by atoms with E-state index in [1.165, 1.54) is 0 Å². The Morgan fingerprint density at radius 3 is 0.182 bits per heavy atom. The molecule has 1 rings (SSSR count). The van der Waals surface area contributed by atoms with Crippen LogP contribution >= 0.6 is 0 Å². The van der Waals surface area contributed by atoms with Crippen molar-refractivity contribution < 1.29 is 0 Å². The molecule has 22 heavy (non-hydrogen) atoms. The van der Waals surface area contributed by atoms with E-state index in [1.807, 2.05) is 0 Å². The molecule has 0 radical (unpaired) electrons.